The Kier molecular flexibility index (Phi) is 7.32. The molecule has 0 aromatic heterocycles. The first-order chi connectivity index (χ1) is 13.2. The highest BCUT2D eigenvalue weighted by molar-refractivity contribution is 5.74. The molecule has 2 heterocycles. The number of aliphatic hydroxyl groups excluding tert-OH is 1. The Morgan fingerprint density at radius 2 is 1.89 bits per heavy atom. The summed E-state index contributed by atoms with van der Waals surface area (Å²) in [6, 6.07) is 7.62. The molecule has 1 aromatic rings. The number of methoxy groups -OCH3 is 1. The molecule has 0 spiro atoms. The average Bonchev–Trinajstić information content (AvgIpc) is 3.10. The van der Waals surface area contributed by atoms with E-state index in [-0.39, 0.29) is 12.1 Å². The molecule has 150 valence electrons. The summed E-state index contributed by atoms with van der Waals surface area (Å²) in [5, 5.41) is 13.3. The molecule has 7 heteroatoms. The lowest BCUT2D eigenvalue weighted by atomic mass is 10.1. The van der Waals surface area contributed by atoms with E-state index >= 15 is 0 Å². The first-order valence-electron chi connectivity index (χ1n) is 9.83. The first kappa shape index (κ1) is 19.9. The number of nitrogens with one attached hydrogen (secondary N) is 1. The molecule has 2 N–H and O–H groups in total. The minimum absolute atomic E-state index is 0.0691. The summed E-state index contributed by atoms with van der Waals surface area (Å²) in [6.45, 7) is 4.57. The number of amides is 2. The van der Waals surface area contributed by atoms with Gasteiger partial charge in [-0.05, 0) is 43.6 Å². The van der Waals surface area contributed by atoms with Gasteiger partial charge in [-0.25, -0.2) is 4.79 Å². The molecule has 2 aliphatic rings. The van der Waals surface area contributed by atoms with Crippen LogP contribution in [0.1, 0.15) is 24.8 Å². The molecule has 0 saturated carbocycles. The average molecular weight is 377 g/mol. The van der Waals surface area contributed by atoms with Crippen LogP contribution in [-0.2, 0) is 11.3 Å². The van der Waals surface area contributed by atoms with Gasteiger partial charge in [0.15, 0.2) is 0 Å². The Hall–Kier alpha value is -1.83. The van der Waals surface area contributed by atoms with Gasteiger partial charge < -0.3 is 24.8 Å². The standard InChI is InChI=1S/C20H31N3O4/c1-26-11-12-27-17-7-5-16(6-8-17)13-21-20(25)23-14-18(19(24)15-23)22-9-3-2-4-10-22/h5-8,18-19,24H,2-4,9-15H2,1H3,(H,21,25)/t18-,19-/m0/s1. The number of carbonyl (C=O) groups excluding carboxylic acids is 1. The zero-order valence-corrected chi connectivity index (χ0v) is 16.1. The molecule has 0 bridgehead atoms. The Balaban J connectivity index is 1.43. The highest BCUT2D eigenvalue weighted by atomic mass is 16.5. The third kappa shape index (κ3) is 5.57. The smallest absolute Gasteiger partial charge is 0.317 e. The summed E-state index contributed by atoms with van der Waals surface area (Å²) in [7, 11) is 1.64. The Morgan fingerprint density at radius 3 is 2.59 bits per heavy atom. The molecule has 2 atom stereocenters. The third-order valence-electron chi connectivity index (χ3n) is 5.33. The zero-order valence-electron chi connectivity index (χ0n) is 16.1. The Labute approximate surface area is 161 Å². The molecule has 0 unspecified atom stereocenters. The van der Waals surface area contributed by atoms with E-state index in [1.54, 1.807) is 12.0 Å². The number of likely N-dealkylation sites (tertiary alicyclic amines) is 2. The summed E-state index contributed by atoms with van der Waals surface area (Å²) in [4.78, 5) is 16.5. The van der Waals surface area contributed by atoms with Crippen molar-refractivity contribution in [3.63, 3.8) is 0 Å². The van der Waals surface area contributed by atoms with E-state index in [2.05, 4.69) is 10.2 Å². The van der Waals surface area contributed by atoms with Crippen LogP contribution in [-0.4, -0.2) is 79.6 Å². The molecule has 0 radical (unpaired) electrons. The van der Waals surface area contributed by atoms with Crippen LogP contribution in [0.3, 0.4) is 0 Å². The van der Waals surface area contributed by atoms with Crippen molar-refractivity contribution in [1.29, 1.82) is 0 Å². The van der Waals surface area contributed by atoms with Crippen molar-refractivity contribution in [2.45, 2.75) is 38.0 Å². The number of urea groups is 1. The number of piperidine rings is 1. The molecule has 1 aromatic carbocycles. The maximum atomic E-state index is 12.5. The largest absolute Gasteiger partial charge is 0.491 e. The summed E-state index contributed by atoms with van der Waals surface area (Å²) in [5.74, 6) is 0.786. The number of benzene rings is 1. The number of hydrogen-bond acceptors (Lipinski definition) is 5. The fourth-order valence-electron chi connectivity index (χ4n) is 3.78. The molecular weight excluding hydrogens is 346 g/mol. The van der Waals surface area contributed by atoms with Crippen LogP contribution >= 0.6 is 0 Å². The van der Waals surface area contributed by atoms with Gasteiger partial charge in [-0.1, -0.05) is 18.6 Å². The molecular formula is C20H31N3O4. The normalized spacial score (nSPS) is 23.4. The van der Waals surface area contributed by atoms with Gasteiger partial charge in [0.1, 0.15) is 12.4 Å². The topological polar surface area (TPSA) is 74.3 Å². The second-order valence-electron chi connectivity index (χ2n) is 7.28. The van der Waals surface area contributed by atoms with E-state index in [1.165, 1.54) is 19.3 Å². The van der Waals surface area contributed by atoms with Gasteiger partial charge in [-0.2, -0.15) is 0 Å². The number of nitrogens with zero attached hydrogens (tertiary/aromatic N) is 2. The van der Waals surface area contributed by atoms with Crippen LogP contribution in [0.4, 0.5) is 4.79 Å². The van der Waals surface area contributed by atoms with Gasteiger partial charge in [-0.15, -0.1) is 0 Å². The molecule has 0 aliphatic carbocycles. The van der Waals surface area contributed by atoms with Crippen molar-refractivity contribution in [3.05, 3.63) is 29.8 Å². The molecule has 2 amide bonds. The van der Waals surface area contributed by atoms with Gasteiger partial charge >= 0.3 is 6.03 Å². The van der Waals surface area contributed by atoms with Gasteiger partial charge in [0.25, 0.3) is 0 Å². The summed E-state index contributed by atoms with van der Waals surface area (Å²) < 4.78 is 10.5. The van der Waals surface area contributed by atoms with Crippen LogP contribution in [0.2, 0.25) is 0 Å². The van der Waals surface area contributed by atoms with Crippen LogP contribution < -0.4 is 10.1 Å². The van der Waals surface area contributed by atoms with Gasteiger partial charge in [-0.3, -0.25) is 4.90 Å². The van der Waals surface area contributed by atoms with E-state index in [1.807, 2.05) is 24.3 Å². The minimum Gasteiger partial charge on any atom is -0.491 e. The Morgan fingerprint density at radius 1 is 1.15 bits per heavy atom. The predicted molar refractivity (Wildman–Crippen MR) is 103 cm³/mol. The van der Waals surface area contributed by atoms with E-state index in [9.17, 15) is 9.90 Å². The second kappa shape index (κ2) is 9.92. The number of carbonyl (C=O) groups is 1. The second-order valence-corrected chi connectivity index (χ2v) is 7.28. The molecule has 7 nitrogen and oxygen atoms in total. The fraction of sp³-hybridized carbons (Fsp3) is 0.650. The highest BCUT2D eigenvalue weighted by Crippen LogP contribution is 2.21. The summed E-state index contributed by atoms with van der Waals surface area (Å²) in [6.07, 6.45) is 3.17. The fourth-order valence-corrected chi connectivity index (χ4v) is 3.78. The number of hydrogen-bond donors (Lipinski definition) is 2. The van der Waals surface area contributed by atoms with Crippen molar-refractivity contribution >= 4 is 6.03 Å². The number of aliphatic hydroxyl groups is 1. The van der Waals surface area contributed by atoms with Gasteiger partial charge in [0, 0.05) is 26.7 Å². The molecule has 2 fully saturated rings. The Bertz CT molecular complexity index is 589. The number of ether oxygens (including phenoxy) is 2. The third-order valence-corrected chi connectivity index (χ3v) is 5.33. The van der Waals surface area contributed by atoms with Gasteiger partial charge in [0.05, 0.1) is 18.8 Å². The maximum absolute atomic E-state index is 12.5. The molecule has 3 rings (SSSR count). The lowest BCUT2D eigenvalue weighted by molar-refractivity contribution is 0.0706. The van der Waals surface area contributed by atoms with Crippen molar-refractivity contribution in [2.24, 2.45) is 0 Å². The van der Waals surface area contributed by atoms with E-state index < -0.39 is 6.10 Å². The zero-order chi connectivity index (χ0) is 19.1. The molecule has 27 heavy (non-hydrogen) atoms. The van der Waals surface area contributed by atoms with Crippen molar-refractivity contribution in [1.82, 2.24) is 15.1 Å². The van der Waals surface area contributed by atoms with Crippen LogP contribution in [0.15, 0.2) is 24.3 Å². The van der Waals surface area contributed by atoms with E-state index in [4.69, 9.17) is 9.47 Å². The summed E-state index contributed by atoms with van der Waals surface area (Å²) >= 11 is 0. The molecule has 2 saturated heterocycles. The van der Waals surface area contributed by atoms with Crippen LogP contribution in [0, 0.1) is 0 Å². The van der Waals surface area contributed by atoms with Crippen molar-refractivity contribution in [3.8, 4) is 5.75 Å². The van der Waals surface area contributed by atoms with Crippen molar-refractivity contribution < 1.29 is 19.4 Å². The van der Waals surface area contributed by atoms with E-state index in [0.717, 1.165) is 24.4 Å². The maximum Gasteiger partial charge on any atom is 0.317 e. The van der Waals surface area contributed by atoms with Crippen molar-refractivity contribution in [2.75, 3.05) is 46.5 Å². The monoisotopic (exact) mass is 377 g/mol. The number of β-amino-alcohol motifs (C(OH)–C–C–N with tert-alkyl or cyclic N) is 1. The lowest BCUT2D eigenvalue weighted by Crippen LogP contribution is -2.46. The quantitative estimate of drug-likeness (QED) is 0.704. The van der Waals surface area contributed by atoms with Crippen LogP contribution in [0.25, 0.3) is 0 Å². The first-order valence-corrected chi connectivity index (χ1v) is 9.83. The SMILES string of the molecule is COCCOc1ccc(CNC(=O)N2C[C@H](O)[C@@H](N3CCCCC3)C2)cc1. The number of rotatable bonds is 7. The lowest BCUT2D eigenvalue weighted by Gasteiger charge is -2.33. The highest BCUT2D eigenvalue weighted by Gasteiger charge is 2.37. The molecule has 2 aliphatic heterocycles. The predicted octanol–water partition coefficient (Wildman–Crippen LogP) is 1.45. The minimum atomic E-state index is -0.461. The summed E-state index contributed by atoms with van der Waals surface area (Å²) in [5.41, 5.74) is 1.01. The van der Waals surface area contributed by atoms with E-state index in [0.29, 0.717) is 32.8 Å². The van der Waals surface area contributed by atoms with Crippen LogP contribution in [0.5, 0.6) is 5.75 Å². The van der Waals surface area contributed by atoms with Gasteiger partial charge in [0.2, 0.25) is 0 Å².